The monoisotopic (exact) mass is 462 g/mol. The van der Waals surface area contributed by atoms with E-state index in [1.807, 2.05) is 0 Å². The maximum absolute atomic E-state index is 12.3. The van der Waals surface area contributed by atoms with Crippen molar-refractivity contribution in [2.45, 2.75) is 110 Å². The van der Waals surface area contributed by atoms with Gasteiger partial charge in [0.05, 0.1) is 0 Å². The highest BCUT2D eigenvalue weighted by Crippen LogP contribution is 2.42. The second kappa shape index (κ2) is 13.3. The quantitative estimate of drug-likeness (QED) is 0.262. The van der Waals surface area contributed by atoms with E-state index in [1.54, 1.807) is 12.1 Å². The van der Waals surface area contributed by atoms with Crippen molar-refractivity contribution in [1.29, 1.82) is 0 Å². The molecule has 0 amide bonds. The average molecular weight is 463 g/mol. The van der Waals surface area contributed by atoms with Crippen LogP contribution in [0, 0.1) is 35.5 Å². The maximum atomic E-state index is 12.3. The SMILES string of the molecule is CCCCCCCC[C@H]1CC[C@H]([C@H]2CC[C@H](C#Cc3ccc(OC(F)(F)F)cc3)CC2)CC1. The van der Waals surface area contributed by atoms with E-state index in [1.165, 1.54) is 95.6 Å². The summed E-state index contributed by atoms with van der Waals surface area (Å²) in [5, 5.41) is 0. The topological polar surface area (TPSA) is 9.23 Å². The summed E-state index contributed by atoms with van der Waals surface area (Å²) in [5.74, 6) is 9.50. The first-order valence-electron chi connectivity index (χ1n) is 13.3. The summed E-state index contributed by atoms with van der Waals surface area (Å²) < 4.78 is 40.7. The van der Waals surface area contributed by atoms with Crippen LogP contribution in [-0.4, -0.2) is 6.36 Å². The summed E-state index contributed by atoms with van der Waals surface area (Å²) in [6.45, 7) is 2.28. The van der Waals surface area contributed by atoms with Gasteiger partial charge in [0, 0.05) is 11.5 Å². The number of alkyl halides is 3. The van der Waals surface area contributed by atoms with Crippen LogP contribution in [0.5, 0.6) is 5.75 Å². The lowest BCUT2D eigenvalue weighted by Gasteiger charge is -2.37. The van der Waals surface area contributed by atoms with E-state index in [2.05, 4.69) is 23.5 Å². The van der Waals surface area contributed by atoms with Gasteiger partial charge in [-0.3, -0.25) is 0 Å². The lowest BCUT2D eigenvalue weighted by molar-refractivity contribution is -0.274. The van der Waals surface area contributed by atoms with Gasteiger partial charge in [-0.2, -0.15) is 0 Å². The van der Waals surface area contributed by atoms with Gasteiger partial charge in [-0.1, -0.05) is 76.6 Å². The highest BCUT2D eigenvalue weighted by molar-refractivity contribution is 5.38. The summed E-state index contributed by atoms with van der Waals surface area (Å²) in [6, 6.07) is 5.86. The van der Waals surface area contributed by atoms with Gasteiger partial charge in [-0.15, -0.1) is 13.2 Å². The van der Waals surface area contributed by atoms with Crippen LogP contribution in [0.2, 0.25) is 0 Å². The molecule has 0 atom stereocenters. The first kappa shape index (κ1) is 26.0. The molecule has 0 saturated heterocycles. The van der Waals surface area contributed by atoms with Crippen LogP contribution >= 0.6 is 0 Å². The molecule has 184 valence electrons. The number of unbranched alkanes of at least 4 members (excludes halogenated alkanes) is 5. The third-order valence-corrected chi connectivity index (χ3v) is 7.80. The molecular weight excluding hydrogens is 421 g/mol. The standard InChI is InChI=1S/C29H41F3O/c1-2-3-4-5-6-7-8-23-11-17-26(18-12-23)27-19-13-24(14-20-27)9-10-25-15-21-28(22-16-25)33-29(30,31)32/h15-16,21-24,26-27H,2-8,11-14,17-20H2,1H3/t23-,24-,26-,27-. The molecule has 0 N–H and O–H groups in total. The van der Waals surface area contributed by atoms with Crippen LogP contribution < -0.4 is 4.74 Å². The van der Waals surface area contributed by atoms with Gasteiger partial charge in [-0.25, -0.2) is 0 Å². The van der Waals surface area contributed by atoms with Crippen molar-refractivity contribution in [3.05, 3.63) is 29.8 Å². The van der Waals surface area contributed by atoms with Gasteiger partial charge in [-0.05, 0) is 80.5 Å². The Morgan fingerprint density at radius 1 is 0.788 bits per heavy atom. The van der Waals surface area contributed by atoms with E-state index in [-0.39, 0.29) is 5.75 Å². The fourth-order valence-electron chi connectivity index (χ4n) is 5.82. The van der Waals surface area contributed by atoms with Gasteiger partial charge in [0.25, 0.3) is 0 Å². The van der Waals surface area contributed by atoms with Crippen LogP contribution in [0.25, 0.3) is 0 Å². The molecule has 1 aromatic rings. The molecule has 2 saturated carbocycles. The smallest absolute Gasteiger partial charge is 0.406 e. The molecule has 1 nitrogen and oxygen atoms in total. The number of benzene rings is 1. The zero-order valence-corrected chi connectivity index (χ0v) is 20.3. The lowest BCUT2D eigenvalue weighted by Crippen LogP contribution is -2.25. The molecule has 2 aliphatic rings. The molecule has 0 aromatic heterocycles. The average Bonchev–Trinajstić information content (AvgIpc) is 2.81. The Morgan fingerprint density at radius 3 is 1.97 bits per heavy atom. The van der Waals surface area contributed by atoms with Gasteiger partial charge in [0.1, 0.15) is 5.75 Å². The maximum Gasteiger partial charge on any atom is 0.573 e. The summed E-state index contributed by atoms with van der Waals surface area (Å²) >= 11 is 0. The van der Waals surface area contributed by atoms with E-state index >= 15 is 0 Å². The molecule has 1 aromatic carbocycles. The summed E-state index contributed by atoms with van der Waals surface area (Å²) in [4.78, 5) is 0. The molecular formula is C29H41F3O. The zero-order chi connectivity index (χ0) is 23.5. The second-order valence-electron chi connectivity index (χ2n) is 10.3. The van der Waals surface area contributed by atoms with Crippen LogP contribution in [-0.2, 0) is 0 Å². The second-order valence-corrected chi connectivity index (χ2v) is 10.3. The van der Waals surface area contributed by atoms with E-state index in [4.69, 9.17) is 0 Å². The third-order valence-electron chi connectivity index (χ3n) is 7.80. The van der Waals surface area contributed by atoms with Crippen molar-refractivity contribution >= 4 is 0 Å². The molecule has 3 rings (SSSR count). The van der Waals surface area contributed by atoms with Crippen molar-refractivity contribution in [1.82, 2.24) is 0 Å². The minimum atomic E-state index is -4.65. The molecule has 0 radical (unpaired) electrons. The van der Waals surface area contributed by atoms with Gasteiger partial charge < -0.3 is 4.74 Å². The van der Waals surface area contributed by atoms with E-state index in [0.717, 1.165) is 36.2 Å². The molecule has 0 heterocycles. The number of rotatable bonds is 9. The predicted octanol–water partition coefficient (Wildman–Crippen LogP) is 9.30. The van der Waals surface area contributed by atoms with Gasteiger partial charge in [0.2, 0.25) is 0 Å². The Kier molecular flexibility index (Phi) is 10.5. The summed E-state index contributed by atoms with van der Waals surface area (Å²) in [7, 11) is 0. The van der Waals surface area contributed by atoms with Crippen LogP contribution in [0.1, 0.15) is 109 Å². The van der Waals surface area contributed by atoms with E-state index in [0.29, 0.717) is 5.92 Å². The number of hydrogen-bond acceptors (Lipinski definition) is 1. The lowest BCUT2D eigenvalue weighted by atomic mass is 9.69. The predicted molar refractivity (Wildman–Crippen MR) is 129 cm³/mol. The molecule has 4 heteroatoms. The minimum absolute atomic E-state index is 0.199. The van der Waals surface area contributed by atoms with Crippen LogP contribution in [0.3, 0.4) is 0 Å². The summed E-state index contributed by atoms with van der Waals surface area (Å²) in [5.41, 5.74) is 0.746. The van der Waals surface area contributed by atoms with Crippen LogP contribution in [0.4, 0.5) is 13.2 Å². The normalized spacial score (nSPS) is 25.8. The fraction of sp³-hybridized carbons (Fsp3) is 0.724. The Balaban J connectivity index is 1.32. The first-order chi connectivity index (χ1) is 15.9. The van der Waals surface area contributed by atoms with Crippen molar-refractivity contribution in [3.63, 3.8) is 0 Å². The van der Waals surface area contributed by atoms with Crippen molar-refractivity contribution in [2.24, 2.45) is 23.7 Å². The number of ether oxygens (including phenoxy) is 1. The van der Waals surface area contributed by atoms with E-state index < -0.39 is 6.36 Å². The van der Waals surface area contributed by atoms with Crippen molar-refractivity contribution in [3.8, 4) is 17.6 Å². The Labute approximate surface area is 198 Å². The van der Waals surface area contributed by atoms with Crippen LogP contribution in [0.15, 0.2) is 24.3 Å². The van der Waals surface area contributed by atoms with Crippen molar-refractivity contribution < 1.29 is 17.9 Å². The van der Waals surface area contributed by atoms with Crippen molar-refractivity contribution in [2.75, 3.05) is 0 Å². The van der Waals surface area contributed by atoms with Gasteiger partial charge >= 0.3 is 6.36 Å². The minimum Gasteiger partial charge on any atom is -0.406 e. The van der Waals surface area contributed by atoms with E-state index in [9.17, 15) is 13.2 Å². The molecule has 0 spiro atoms. The molecule has 2 aliphatic carbocycles. The fourth-order valence-corrected chi connectivity index (χ4v) is 5.82. The highest BCUT2D eigenvalue weighted by Gasteiger charge is 2.31. The molecule has 0 bridgehead atoms. The highest BCUT2D eigenvalue weighted by atomic mass is 19.4. The zero-order valence-electron chi connectivity index (χ0n) is 20.3. The molecule has 0 aliphatic heterocycles. The largest absolute Gasteiger partial charge is 0.573 e. The Bertz CT molecular complexity index is 727. The Morgan fingerprint density at radius 2 is 1.36 bits per heavy atom. The molecule has 33 heavy (non-hydrogen) atoms. The molecule has 0 unspecified atom stereocenters. The number of halogens is 3. The first-order valence-corrected chi connectivity index (χ1v) is 13.3. The molecule has 2 fully saturated rings. The third kappa shape index (κ3) is 9.63. The Hall–Kier alpha value is -1.63. The van der Waals surface area contributed by atoms with Gasteiger partial charge in [0.15, 0.2) is 0 Å². The number of hydrogen-bond donors (Lipinski definition) is 0. The summed E-state index contributed by atoms with van der Waals surface area (Å²) in [6.07, 6.45) is 15.8.